The van der Waals surface area contributed by atoms with Crippen LogP contribution >= 0.6 is 56.7 Å². The molecule has 4 aliphatic heterocycles. The first-order valence-corrected chi connectivity index (χ1v) is 52.2. The third-order valence-corrected chi connectivity index (χ3v) is 32.9. The summed E-state index contributed by atoms with van der Waals surface area (Å²) in [5.74, 6) is 2.89. The summed E-state index contributed by atoms with van der Waals surface area (Å²) in [6.45, 7) is 18.1. The van der Waals surface area contributed by atoms with Crippen molar-refractivity contribution in [1.82, 2.24) is 52.0 Å². The van der Waals surface area contributed by atoms with Gasteiger partial charge in [0.25, 0.3) is 0 Å². The molecule has 10 N–H and O–H groups in total. The minimum Gasteiger partial charge on any atom is -0.383 e. The lowest BCUT2D eigenvalue weighted by Crippen LogP contribution is -2.38. The predicted octanol–water partition coefficient (Wildman–Crippen LogP) is 25.3. The number of nitrogens with zero attached hydrogens (tertiary/aromatic N) is 16. The van der Waals surface area contributed by atoms with E-state index in [-0.39, 0.29) is 14.9 Å². The van der Waals surface area contributed by atoms with Gasteiger partial charge in [0.1, 0.15) is 29.2 Å². The molecule has 21 rings (SSSR count). The Hall–Kier alpha value is -12.1. The second-order valence-electron chi connectivity index (χ2n) is 37.5. The highest BCUT2D eigenvalue weighted by Crippen LogP contribution is 2.38. The van der Waals surface area contributed by atoms with E-state index < -0.39 is 0 Å². The van der Waals surface area contributed by atoms with Crippen molar-refractivity contribution in [3.8, 4) is 0 Å². The molecule has 2 unspecified atom stereocenters. The maximum Gasteiger partial charge on any atom is 0.141 e. The molecule has 4 aliphatic rings. The number of imidazole rings is 1. The molecular weight excluding hydrogens is 1800 g/mol. The molecule has 4 saturated heterocycles. The summed E-state index contributed by atoms with van der Waals surface area (Å²) < 4.78 is 14.0. The van der Waals surface area contributed by atoms with Crippen molar-refractivity contribution in [3.63, 3.8) is 0 Å². The van der Waals surface area contributed by atoms with E-state index in [2.05, 4.69) is 273 Å². The van der Waals surface area contributed by atoms with E-state index in [1.807, 2.05) is 131 Å². The van der Waals surface area contributed by atoms with Crippen LogP contribution in [-0.4, -0.2) is 158 Å². The number of rotatable bonds is 29. The third kappa shape index (κ3) is 25.0. The van der Waals surface area contributed by atoms with E-state index in [1.165, 1.54) is 150 Å². The summed E-state index contributed by atoms with van der Waals surface area (Å²) in [4.78, 5) is 42.3. The van der Waals surface area contributed by atoms with Crippen LogP contribution in [0.4, 0.5) is 28.4 Å². The fraction of sp³-hybridized carbons (Fsp3) is 0.339. The average Bonchev–Trinajstić information content (AvgIpc) is 1.55. The fourth-order valence-electron chi connectivity index (χ4n) is 19.5. The number of fused-ring (bicyclic) bond motifs is 5. The van der Waals surface area contributed by atoms with Gasteiger partial charge in [-0.05, 0) is 340 Å². The lowest BCUT2D eigenvalue weighted by atomic mass is 9.95. The highest BCUT2D eigenvalue weighted by molar-refractivity contribution is 7.13. The first-order chi connectivity index (χ1) is 66.1. The molecule has 0 saturated carbocycles. The summed E-state index contributed by atoms with van der Waals surface area (Å²) >= 11 is 8.07. The number of thiophene rings is 5. The summed E-state index contributed by atoms with van der Waals surface area (Å²) in [5.41, 5.74) is 45.2. The number of aromatic nitrogens is 7. The molecule has 0 amide bonds. The number of hydrogen-bond acceptors (Lipinski definition) is 15. The van der Waals surface area contributed by atoms with E-state index in [1.54, 1.807) is 56.7 Å². The van der Waals surface area contributed by atoms with Gasteiger partial charge in [0.2, 0.25) is 0 Å². The maximum atomic E-state index is 6.27. The van der Waals surface area contributed by atoms with Gasteiger partial charge < -0.3 is 75.7 Å². The Kier molecular flexibility index (Phi) is 33.9. The standard InChI is InChI=1S/C27H30N4S.3C21H26N4S.C20H21N5S.2CH4/c1-30-14-5-9-23(30)13-15-31-24(17-20-7-3-2-4-8-20)18-21-11-12-22(19-25(21)31)29-27(28)26-10-6-16-32-26;3*1-21(9-4-11-24(21)2)10-13-25-12-8-16-6-7-17(15-18(16)25)23-20(22)19-5-3-14-26-19;21-20(19-4-3-13-26-19)23-17-6-5-16-7-11-25(18(16)14-17)10-2-1-9-24-12-8-22-15-24;;/h2-4,6-8,10-12,16,18-19,23H,5,9,13-15,17H2,1H3,(H2,28,29);3*3,5-8,12,14-15H,4,9-11,13H2,1-2H3,(H2,22,23);3-8,11-15H,1-2,9-10H2,(H2,21,23);2*1H4/t;2*21-;;;;/m.10..../s1. The van der Waals surface area contributed by atoms with Crippen LogP contribution in [0, 0.1) is 0 Å². The molecule has 720 valence electrons. The zero-order valence-electron chi connectivity index (χ0n) is 79.5. The van der Waals surface area contributed by atoms with Crippen molar-refractivity contribution >= 4 is 169 Å². The number of aryl methyl sites for hydroxylation is 6. The number of aliphatic imine (C=N–C) groups is 5. The SMILES string of the molecule is C.C.CN1CCCC1(C)CCn1ccc2ccc(N=C(N)c3cccs3)cc21.CN1CCCC1CCn1c(Cc2ccccc2)cc2ccc(N=C(N)c3cccs3)cc21.CN1CCC[C@@]1(C)CCn1ccc2ccc(N=C(N)c3cccs3)cc21.CN1CCC[C@]1(C)CCn1ccc2ccc(N=C(N)c3cccs3)cc21.NC(=Nc1ccc2ccn(CCCCn3ccnc3)c2c1)c1cccs1. The number of unbranched alkanes of at least 4 members (excludes halogenated alkanes) is 1. The van der Waals surface area contributed by atoms with Crippen LogP contribution in [0.15, 0.2) is 308 Å². The van der Waals surface area contributed by atoms with E-state index >= 15 is 0 Å². The lowest BCUT2D eigenvalue weighted by molar-refractivity contribution is 0.175. The van der Waals surface area contributed by atoms with Gasteiger partial charge in [-0.1, -0.05) is 106 Å². The molecule has 0 bridgehead atoms. The van der Waals surface area contributed by atoms with Gasteiger partial charge in [-0.15, -0.1) is 56.7 Å². The third-order valence-electron chi connectivity index (χ3n) is 28.4. The first kappa shape index (κ1) is 100. The van der Waals surface area contributed by atoms with Crippen LogP contribution < -0.4 is 28.7 Å². The Morgan fingerprint density at radius 2 is 0.710 bits per heavy atom. The normalized spacial score (nSPS) is 18.6. The molecule has 26 heteroatoms. The zero-order chi connectivity index (χ0) is 94.1. The quantitative estimate of drug-likeness (QED) is 0.0168. The van der Waals surface area contributed by atoms with Gasteiger partial charge in [-0.25, -0.2) is 29.9 Å². The minimum atomic E-state index is 0. The van der Waals surface area contributed by atoms with Crippen molar-refractivity contribution in [1.29, 1.82) is 0 Å². The van der Waals surface area contributed by atoms with Crippen LogP contribution in [0.1, 0.15) is 161 Å². The largest absolute Gasteiger partial charge is 0.383 e. The highest BCUT2D eigenvalue weighted by atomic mass is 32.1. The average molecular weight is 1940 g/mol. The first-order valence-electron chi connectivity index (χ1n) is 47.8. The minimum absolute atomic E-state index is 0. The summed E-state index contributed by atoms with van der Waals surface area (Å²) in [6.07, 6.45) is 32.7. The van der Waals surface area contributed by atoms with Gasteiger partial charge >= 0.3 is 0 Å². The van der Waals surface area contributed by atoms with Crippen molar-refractivity contribution in [2.24, 2.45) is 53.6 Å². The molecule has 11 aromatic heterocycles. The molecule has 0 spiro atoms. The Balaban J connectivity index is 0.000000131. The fourth-order valence-corrected chi connectivity index (χ4v) is 22.7. The van der Waals surface area contributed by atoms with Crippen molar-refractivity contribution in [3.05, 3.63) is 318 Å². The molecule has 0 aliphatic carbocycles. The Bertz CT molecular complexity index is 6520. The molecule has 0 radical (unpaired) electrons. The van der Waals surface area contributed by atoms with Crippen molar-refractivity contribution < 1.29 is 0 Å². The maximum absolute atomic E-state index is 6.27. The number of hydrogen-bond donors (Lipinski definition) is 5. The van der Waals surface area contributed by atoms with Crippen molar-refractivity contribution in [2.75, 3.05) is 54.4 Å². The van der Waals surface area contributed by atoms with Crippen LogP contribution in [0.5, 0.6) is 0 Å². The highest BCUT2D eigenvalue weighted by Gasteiger charge is 2.36. The molecule has 138 heavy (non-hydrogen) atoms. The number of likely N-dealkylation sites (tertiary alicyclic amines) is 4. The Morgan fingerprint density at radius 1 is 0.362 bits per heavy atom. The predicted molar refractivity (Wildman–Crippen MR) is 592 cm³/mol. The van der Waals surface area contributed by atoms with Crippen molar-refractivity contribution in [2.45, 2.75) is 194 Å². The smallest absolute Gasteiger partial charge is 0.141 e. The second-order valence-corrected chi connectivity index (χ2v) is 42.2. The van der Waals surface area contributed by atoms with E-state index in [9.17, 15) is 0 Å². The van der Waals surface area contributed by atoms with Gasteiger partial charge in [0.05, 0.1) is 86.7 Å². The number of nitrogens with two attached hydrogens (primary N) is 5. The van der Waals surface area contributed by atoms with Crippen LogP contribution in [-0.2, 0) is 45.7 Å². The van der Waals surface area contributed by atoms with Gasteiger partial charge in [-0.3, -0.25) is 0 Å². The summed E-state index contributed by atoms with van der Waals surface area (Å²) in [7, 11) is 9.01. The van der Waals surface area contributed by atoms with Crippen LogP contribution in [0.25, 0.3) is 54.5 Å². The van der Waals surface area contributed by atoms with Crippen LogP contribution in [0.2, 0.25) is 0 Å². The molecule has 15 heterocycles. The van der Waals surface area contributed by atoms with E-state index in [0.717, 1.165) is 131 Å². The van der Waals surface area contributed by atoms with Gasteiger partial charge in [-0.2, -0.15) is 0 Å². The topological polar surface area (TPSA) is 247 Å². The number of benzene rings is 6. The zero-order valence-corrected chi connectivity index (χ0v) is 83.6. The molecule has 4 fully saturated rings. The summed E-state index contributed by atoms with van der Waals surface area (Å²) in [6, 6.07) is 74.2. The lowest BCUT2D eigenvalue weighted by Gasteiger charge is -2.32. The molecular formula is C112H137N21S5. The van der Waals surface area contributed by atoms with E-state index in [4.69, 9.17) is 33.7 Å². The molecule has 17 aromatic rings. The Morgan fingerprint density at radius 3 is 1.03 bits per heavy atom. The van der Waals surface area contributed by atoms with Crippen LogP contribution in [0.3, 0.4) is 0 Å². The van der Waals surface area contributed by atoms with Gasteiger partial charge in [0.15, 0.2) is 0 Å². The van der Waals surface area contributed by atoms with Gasteiger partial charge in [0, 0.05) is 117 Å². The second kappa shape index (κ2) is 46.6. The Labute approximate surface area is 834 Å². The number of amidine groups is 5. The van der Waals surface area contributed by atoms with E-state index in [0.29, 0.717) is 51.8 Å². The summed E-state index contributed by atoms with van der Waals surface area (Å²) in [5, 5.41) is 16.4. The monoisotopic (exact) mass is 1940 g/mol. The molecule has 21 nitrogen and oxygen atoms in total. The molecule has 4 atom stereocenters. The molecule has 6 aromatic carbocycles.